The van der Waals surface area contributed by atoms with E-state index in [1.807, 2.05) is 59.3 Å². The number of amides is 3. The number of nitrogens with zero attached hydrogens (tertiary/aromatic N) is 4. The molecule has 0 fully saturated rings. The third-order valence-corrected chi connectivity index (χ3v) is 13.2. The number of unbranched alkanes of at least 4 members (excludes halogenated alkanes) is 2. The van der Waals surface area contributed by atoms with Crippen molar-refractivity contribution in [3.8, 4) is 0 Å². The summed E-state index contributed by atoms with van der Waals surface area (Å²) in [7, 11) is -3.66. The highest BCUT2D eigenvalue weighted by Gasteiger charge is 2.46. The zero-order chi connectivity index (χ0) is 44.0. The number of aromatic nitrogens is 1. The van der Waals surface area contributed by atoms with Gasteiger partial charge >= 0.3 is 0 Å². The van der Waals surface area contributed by atoms with Crippen molar-refractivity contribution in [1.29, 1.82) is 0 Å². The first-order valence-electron chi connectivity index (χ1n) is 19.8. The van der Waals surface area contributed by atoms with Gasteiger partial charge in [-0.25, -0.2) is 0 Å². The minimum Gasteiger partial charge on any atom is -0.377 e. The predicted molar refractivity (Wildman–Crippen MR) is 236 cm³/mol. The first-order chi connectivity index (χ1) is 28.8. The number of hydrogen-bond acceptors (Lipinski definition) is 8. The number of fused-ring (bicyclic) bond motifs is 3. The van der Waals surface area contributed by atoms with Gasteiger partial charge in [0.25, 0.3) is 32.1 Å². The lowest BCUT2D eigenvalue weighted by molar-refractivity contribution is -0.438. The Bertz CT molecular complexity index is 3050. The molecule has 4 aromatic carbocycles. The molecule has 0 radical (unpaired) electrons. The fraction of sp³-hybridized carbons (Fsp3) is 0.289. The summed E-state index contributed by atoms with van der Waals surface area (Å²) in [5.74, 6) is -1.01. The lowest BCUT2D eigenvalue weighted by Crippen LogP contribution is -2.38. The molecular formula is C45H48N5O9S2+. The molecule has 318 valence electrons. The Morgan fingerprint density at radius 2 is 1.57 bits per heavy atom. The van der Waals surface area contributed by atoms with Crippen LogP contribution < -0.4 is 15.6 Å². The van der Waals surface area contributed by atoms with Crippen LogP contribution in [0.15, 0.2) is 101 Å². The summed E-state index contributed by atoms with van der Waals surface area (Å²) in [6.45, 7) is 4.62. The smallest absolute Gasteiger partial charge is 0.295 e. The topological polar surface area (TPSA) is 186 Å². The van der Waals surface area contributed by atoms with Crippen molar-refractivity contribution in [3.05, 3.63) is 102 Å². The van der Waals surface area contributed by atoms with Crippen LogP contribution in [0.4, 0.5) is 11.4 Å². The predicted octanol–water partition coefficient (Wildman–Crippen LogP) is 5.33. The van der Waals surface area contributed by atoms with E-state index in [0.717, 1.165) is 38.6 Å². The molecule has 3 N–H and O–H groups in total. The maximum absolute atomic E-state index is 12.6. The Kier molecular flexibility index (Phi) is 11.7. The van der Waals surface area contributed by atoms with Crippen LogP contribution in [0.25, 0.3) is 38.5 Å². The summed E-state index contributed by atoms with van der Waals surface area (Å²) >= 11 is 0. The largest absolute Gasteiger partial charge is 0.377 e. The van der Waals surface area contributed by atoms with Gasteiger partial charge in [0.15, 0.2) is 5.71 Å². The van der Waals surface area contributed by atoms with Crippen molar-refractivity contribution in [1.82, 2.24) is 14.8 Å². The third kappa shape index (κ3) is 8.28. The zero-order valence-corrected chi connectivity index (χ0v) is 36.2. The van der Waals surface area contributed by atoms with Gasteiger partial charge in [-0.3, -0.25) is 28.4 Å². The highest BCUT2D eigenvalue weighted by atomic mass is 32.2. The number of rotatable bonds is 15. The number of carbonyl (C=O) groups excluding carboxylic acids is 3. The summed E-state index contributed by atoms with van der Waals surface area (Å²) < 4.78 is 74.4. The molecule has 3 heterocycles. The molecule has 14 nitrogen and oxygen atoms in total. The van der Waals surface area contributed by atoms with E-state index >= 15 is 0 Å². The molecule has 2 aliphatic heterocycles. The van der Waals surface area contributed by atoms with Gasteiger partial charge in [0.05, 0.1) is 10.3 Å². The summed E-state index contributed by atoms with van der Waals surface area (Å²) in [6.07, 6.45) is 14.4. The second kappa shape index (κ2) is 16.5. The van der Waals surface area contributed by atoms with E-state index in [2.05, 4.69) is 55.8 Å². The van der Waals surface area contributed by atoms with Gasteiger partial charge in [-0.05, 0) is 68.5 Å². The minimum atomic E-state index is -4.90. The first kappa shape index (κ1) is 43.2. The fourth-order valence-corrected chi connectivity index (χ4v) is 9.99. The number of nitrogens with one attached hydrogen (secondary N) is 1. The molecule has 0 aliphatic carbocycles. The van der Waals surface area contributed by atoms with E-state index in [4.69, 9.17) is 0 Å². The van der Waals surface area contributed by atoms with Crippen LogP contribution in [0.1, 0.15) is 45.1 Å². The molecule has 0 saturated carbocycles. The lowest BCUT2D eigenvalue weighted by atomic mass is 9.79. The Hall–Kier alpha value is -5.94. The van der Waals surface area contributed by atoms with Gasteiger partial charge in [-0.1, -0.05) is 36.4 Å². The van der Waals surface area contributed by atoms with Crippen LogP contribution in [0.5, 0.6) is 0 Å². The van der Waals surface area contributed by atoms with E-state index in [0.29, 0.717) is 37.1 Å². The van der Waals surface area contributed by atoms with Crippen molar-refractivity contribution in [2.24, 2.45) is 7.05 Å². The quantitative estimate of drug-likeness (QED) is 0.0408. The lowest BCUT2D eigenvalue weighted by Gasteiger charge is -2.18. The number of imide groups is 1. The number of anilines is 1. The van der Waals surface area contributed by atoms with E-state index in [9.17, 15) is 40.3 Å². The van der Waals surface area contributed by atoms with Crippen molar-refractivity contribution in [3.63, 3.8) is 0 Å². The number of allylic oxidation sites excluding steroid dienone is 4. The number of aryl methyl sites for hydroxylation is 1. The van der Waals surface area contributed by atoms with Crippen LogP contribution >= 0.6 is 0 Å². The molecule has 0 atom stereocenters. The molecule has 0 bridgehead atoms. The Labute approximate surface area is 354 Å². The molecule has 0 saturated heterocycles. The Morgan fingerprint density at radius 1 is 0.852 bits per heavy atom. The molecule has 0 unspecified atom stereocenters. The average molecular weight is 867 g/mol. The highest BCUT2D eigenvalue weighted by molar-refractivity contribution is 7.86. The molecule has 1 aromatic heterocycles. The van der Waals surface area contributed by atoms with Gasteiger partial charge < -0.3 is 14.8 Å². The molecule has 2 aliphatic rings. The van der Waals surface area contributed by atoms with Crippen molar-refractivity contribution < 1.29 is 44.9 Å². The number of carbonyl (C=O) groups is 3. The van der Waals surface area contributed by atoms with E-state index in [-0.39, 0.29) is 36.2 Å². The summed E-state index contributed by atoms with van der Waals surface area (Å²) in [5.41, 5.74) is 3.58. The van der Waals surface area contributed by atoms with Crippen molar-refractivity contribution in [2.75, 3.05) is 38.6 Å². The SMILES string of the molecule is CN(C)c1ccc2c3c1cccc3/c(=C/C=C/C=C/C1=[N+](CCCCCC(=O)NCCN3C(=O)C=CC3=O)c3ccc4c(S(=O)(=O)O)cc(S(=O)(=O)O)cc4c3C1(C)C)n2C. The molecule has 61 heavy (non-hydrogen) atoms. The van der Waals surface area contributed by atoms with Crippen LogP contribution in [-0.2, 0) is 47.1 Å². The second-order valence-electron chi connectivity index (χ2n) is 16.0. The Morgan fingerprint density at radius 3 is 2.26 bits per heavy atom. The number of hydrogen-bond donors (Lipinski definition) is 3. The molecule has 5 aromatic rings. The van der Waals surface area contributed by atoms with Gasteiger partial charge in [0, 0.05) is 115 Å². The zero-order valence-electron chi connectivity index (χ0n) is 34.5. The van der Waals surface area contributed by atoms with Crippen LogP contribution in [0, 0.1) is 0 Å². The van der Waals surface area contributed by atoms with E-state index < -0.39 is 47.3 Å². The second-order valence-corrected chi connectivity index (χ2v) is 18.8. The highest BCUT2D eigenvalue weighted by Crippen LogP contribution is 2.46. The average Bonchev–Trinajstić information content (AvgIpc) is 3.74. The Balaban J connectivity index is 1.18. The minimum absolute atomic E-state index is 0.0884. The molecule has 7 rings (SSSR count). The maximum atomic E-state index is 12.6. The van der Waals surface area contributed by atoms with Gasteiger partial charge in [-0.15, -0.1) is 0 Å². The van der Waals surface area contributed by atoms with Crippen molar-refractivity contribution >= 4 is 93.6 Å². The molecule has 3 amide bonds. The van der Waals surface area contributed by atoms with Crippen LogP contribution in [0.3, 0.4) is 0 Å². The molecule has 16 heteroatoms. The van der Waals surface area contributed by atoms with Gasteiger partial charge in [0.2, 0.25) is 11.6 Å². The first-order valence-corrected chi connectivity index (χ1v) is 22.7. The maximum Gasteiger partial charge on any atom is 0.295 e. The normalized spacial score (nSPS) is 15.9. The summed E-state index contributed by atoms with van der Waals surface area (Å²) in [6, 6.07) is 15.8. The number of benzene rings is 4. The van der Waals surface area contributed by atoms with Crippen LogP contribution in [0.2, 0.25) is 0 Å². The summed E-state index contributed by atoms with van der Waals surface area (Å²) in [4.78, 5) is 38.0. The monoisotopic (exact) mass is 866 g/mol. The fourth-order valence-electron chi connectivity index (χ4n) is 8.65. The third-order valence-electron chi connectivity index (χ3n) is 11.5. The van der Waals surface area contributed by atoms with E-state index in [1.165, 1.54) is 35.1 Å². The van der Waals surface area contributed by atoms with Crippen molar-refractivity contribution in [2.45, 2.75) is 54.7 Å². The van der Waals surface area contributed by atoms with Gasteiger partial charge in [0.1, 0.15) is 11.4 Å². The van der Waals surface area contributed by atoms with E-state index in [1.54, 1.807) is 6.07 Å². The van der Waals surface area contributed by atoms with Crippen LogP contribution in [-0.4, -0.2) is 97.1 Å². The molecular weight excluding hydrogens is 819 g/mol. The molecule has 0 spiro atoms. The summed E-state index contributed by atoms with van der Waals surface area (Å²) in [5, 5.41) is 7.65. The van der Waals surface area contributed by atoms with Gasteiger partial charge in [-0.2, -0.15) is 21.4 Å². The standard InChI is InChI=1S/C45H47N5O9S2/c1-45(2)39(16-9-6-8-15-35-32-14-12-13-31-34(47(3)4)20-21-36(43(31)32)48(35)5)49(25-11-7-10-17-40(51)46-24-26-50-41(52)22-23-42(50)53)37-19-18-30-33(44(37)45)27-29(60(54,55)56)28-38(30)61(57,58)59/h6,8-9,12-16,18-23,27-28H,7,10-11,17,24-26H2,1-5H3,(H2-,46,51,54,55,56,57,58,59)/p+1.